The van der Waals surface area contributed by atoms with E-state index in [2.05, 4.69) is 17.0 Å². The Morgan fingerprint density at radius 1 is 1.44 bits per heavy atom. The summed E-state index contributed by atoms with van der Waals surface area (Å²) in [5.74, 6) is 0.417. The van der Waals surface area contributed by atoms with Gasteiger partial charge in [-0.3, -0.25) is 0 Å². The molecule has 2 atom stereocenters. The van der Waals surface area contributed by atoms with Crippen LogP contribution in [0.1, 0.15) is 36.5 Å². The average Bonchev–Trinajstić information content (AvgIpc) is 2.76. The third-order valence-electron chi connectivity index (χ3n) is 3.53. The number of hydrogen-bond acceptors (Lipinski definition) is 4. The Labute approximate surface area is 108 Å². The van der Waals surface area contributed by atoms with Crippen molar-refractivity contribution in [1.82, 2.24) is 0 Å². The molecule has 4 nitrogen and oxygen atoms in total. The van der Waals surface area contributed by atoms with E-state index in [1.165, 1.54) is 26.4 Å². The van der Waals surface area contributed by atoms with E-state index in [-0.39, 0.29) is 5.97 Å². The molecule has 2 unspecified atom stereocenters. The molecule has 4 heteroatoms. The van der Waals surface area contributed by atoms with Crippen molar-refractivity contribution in [3.8, 4) is 0 Å². The van der Waals surface area contributed by atoms with Crippen LogP contribution in [0.5, 0.6) is 0 Å². The Balaban J connectivity index is 2.08. The SMILES string of the molecule is COC(=O)c1ccc(NC2CCC(C)C2)c(N)c1. The topological polar surface area (TPSA) is 64.3 Å². The molecule has 1 aromatic rings. The zero-order chi connectivity index (χ0) is 13.1. The van der Waals surface area contributed by atoms with E-state index in [1.807, 2.05) is 6.07 Å². The van der Waals surface area contributed by atoms with Crippen LogP contribution in [0, 0.1) is 5.92 Å². The molecular formula is C14H20N2O2. The van der Waals surface area contributed by atoms with E-state index < -0.39 is 0 Å². The number of carbonyl (C=O) groups is 1. The normalized spacial score (nSPS) is 22.8. The van der Waals surface area contributed by atoms with Crippen LogP contribution in [0.15, 0.2) is 18.2 Å². The summed E-state index contributed by atoms with van der Waals surface area (Å²) in [5.41, 5.74) is 7.94. The Hall–Kier alpha value is -1.71. The van der Waals surface area contributed by atoms with Crippen LogP contribution in [0.4, 0.5) is 11.4 Å². The molecule has 0 radical (unpaired) electrons. The summed E-state index contributed by atoms with van der Waals surface area (Å²) in [4.78, 5) is 11.4. The standard InChI is InChI=1S/C14H20N2O2/c1-9-3-5-11(7-9)16-13-6-4-10(8-12(13)15)14(17)18-2/h4,6,8-9,11,16H,3,5,7,15H2,1-2H3. The highest BCUT2D eigenvalue weighted by atomic mass is 16.5. The van der Waals surface area contributed by atoms with Crippen molar-refractivity contribution < 1.29 is 9.53 Å². The second-order valence-electron chi connectivity index (χ2n) is 5.05. The van der Waals surface area contributed by atoms with Gasteiger partial charge in [-0.2, -0.15) is 0 Å². The molecule has 0 spiro atoms. The van der Waals surface area contributed by atoms with E-state index in [4.69, 9.17) is 5.73 Å². The van der Waals surface area contributed by atoms with Crippen LogP contribution < -0.4 is 11.1 Å². The molecule has 2 rings (SSSR count). The van der Waals surface area contributed by atoms with Crippen molar-refractivity contribution in [2.45, 2.75) is 32.2 Å². The fourth-order valence-electron chi connectivity index (χ4n) is 2.50. The maximum atomic E-state index is 11.4. The lowest BCUT2D eigenvalue weighted by Gasteiger charge is -2.16. The van der Waals surface area contributed by atoms with Crippen molar-refractivity contribution in [1.29, 1.82) is 0 Å². The summed E-state index contributed by atoms with van der Waals surface area (Å²) >= 11 is 0. The molecule has 0 amide bonds. The number of benzene rings is 1. The highest BCUT2D eigenvalue weighted by molar-refractivity contribution is 5.91. The maximum absolute atomic E-state index is 11.4. The number of nitrogens with one attached hydrogen (secondary N) is 1. The lowest BCUT2D eigenvalue weighted by atomic mass is 10.1. The summed E-state index contributed by atoms with van der Waals surface area (Å²) in [5, 5.41) is 3.45. The first kappa shape index (κ1) is 12.7. The molecular weight excluding hydrogens is 228 g/mol. The minimum absolute atomic E-state index is 0.359. The Morgan fingerprint density at radius 2 is 2.22 bits per heavy atom. The lowest BCUT2D eigenvalue weighted by molar-refractivity contribution is 0.0601. The number of ether oxygens (including phenoxy) is 1. The average molecular weight is 248 g/mol. The monoisotopic (exact) mass is 248 g/mol. The number of rotatable bonds is 3. The Morgan fingerprint density at radius 3 is 2.78 bits per heavy atom. The van der Waals surface area contributed by atoms with E-state index in [9.17, 15) is 4.79 Å². The van der Waals surface area contributed by atoms with Crippen LogP contribution in [0.3, 0.4) is 0 Å². The van der Waals surface area contributed by atoms with Gasteiger partial charge in [0.25, 0.3) is 0 Å². The number of esters is 1. The fourth-order valence-corrected chi connectivity index (χ4v) is 2.50. The largest absolute Gasteiger partial charge is 0.465 e. The molecule has 1 aromatic carbocycles. The molecule has 1 saturated carbocycles. The molecule has 1 fully saturated rings. The van der Waals surface area contributed by atoms with E-state index in [0.29, 0.717) is 17.3 Å². The lowest BCUT2D eigenvalue weighted by Crippen LogP contribution is -2.16. The molecule has 18 heavy (non-hydrogen) atoms. The molecule has 0 aromatic heterocycles. The van der Waals surface area contributed by atoms with Gasteiger partial charge in [0.2, 0.25) is 0 Å². The van der Waals surface area contributed by atoms with Crippen LogP contribution in [-0.2, 0) is 4.74 Å². The summed E-state index contributed by atoms with van der Waals surface area (Å²) in [6.45, 7) is 2.27. The third kappa shape index (κ3) is 2.75. The van der Waals surface area contributed by atoms with Crippen LogP contribution in [0.2, 0.25) is 0 Å². The zero-order valence-electron chi connectivity index (χ0n) is 10.9. The van der Waals surface area contributed by atoms with Crippen molar-refractivity contribution in [3.05, 3.63) is 23.8 Å². The second-order valence-corrected chi connectivity index (χ2v) is 5.05. The summed E-state index contributed by atoms with van der Waals surface area (Å²) in [6, 6.07) is 5.74. The maximum Gasteiger partial charge on any atom is 0.337 e. The predicted molar refractivity (Wildman–Crippen MR) is 72.6 cm³/mol. The van der Waals surface area contributed by atoms with Gasteiger partial charge in [-0.05, 0) is 43.4 Å². The molecule has 1 aliphatic rings. The van der Waals surface area contributed by atoms with Gasteiger partial charge in [0, 0.05) is 6.04 Å². The fraction of sp³-hybridized carbons (Fsp3) is 0.500. The Bertz CT molecular complexity index is 445. The zero-order valence-corrected chi connectivity index (χ0v) is 10.9. The molecule has 1 aliphatic carbocycles. The van der Waals surface area contributed by atoms with Crippen molar-refractivity contribution >= 4 is 17.3 Å². The molecule has 0 bridgehead atoms. The number of carbonyl (C=O) groups excluding carboxylic acids is 1. The van der Waals surface area contributed by atoms with E-state index >= 15 is 0 Å². The van der Waals surface area contributed by atoms with Gasteiger partial charge in [-0.25, -0.2) is 4.79 Å². The van der Waals surface area contributed by atoms with Gasteiger partial charge in [0.1, 0.15) is 0 Å². The number of methoxy groups -OCH3 is 1. The number of nitrogens with two attached hydrogens (primary N) is 1. The number of hydrogen-bond donors (Lipinski definition) is 2. The first-order valence-corrected chi connectivity index (χ1v) is 6.34. The van der Waals surface area contributed by atoms with Crippen LogP contribution in [-0.4, -0.2) is 19.1 Å². The summed E-state index contributed by atoms with van der Waals surface area (Å²) in [7, 11) is 1.37. The highest BCUT2D eigenvalue weighted by Gasteiger charge is 2.21. The van der Waals surface area contributed by atoms with Gasteiger partial charge in [0.05, 0.1) is 24.0 Å². The highest BCUT2D eigenvalue weighted by Crippen LogP contribution is 2.29. The summed E-state index contributed by atoms with van der Waals surface area (Å²) < 4.78 is 4.66. The molecule has 0 aliphatic heterocycles. The van der Waals surface area contributed by atoms with E-state index in [0.717, 1.165) is 11.6 Å². The quantitative estimate of drug-likeness (QED) is 0.637. The predicted octanol–water partition coefficient (Wildman–Crippen LogP) is 2.66. The van der Waals surface area contributed by atoms with Gasteiger partial charge in [0.15, 0.2) is 0 Å². The first-order chi connectivity index (χ1) is 8.60. The second kappa shape index (κ2) is 5.29. The van der Waals surface area contributed by atoms with Gasteiger partial charge < -0.3 is 15.8 Å². The van der Waals surface area contributed by atoms with Crippen molar-refractivity contribution in [3.63, 3.8) is 0 Å². The van der Waals surface area contributed by atoms with Crippen LogP contribution in [0.25, 0.3) is 0 Å². The molecule has 3 N–H and O–H groups in total. The minimum Gasteiger partial charge on any atom is -0.465 e. The smallest absolute Gasteiger partial charge is 0.337 e. The Kier molecular flexibility index (Phi) is 3.75. The molecule has 0 saturated heterocycles. The van der Waals surface area contributed by atoms with Crippen molar-refractivity contribution in [2.24, 2.45) is 5.92 Å². The first-order valence-electron chi connectivity index (χ1n) is 6.34. The molecule has 0 heterocycles. The van der Waals surface area contributed by atoms with Gasteiger partial charge in [-0.1, -0.05) is 6.92 Å². The van der Waals surface area contributed by atoms with Gasteiger partial charge in [-0.15, -0.1) is 0 Å². The van der Waals surface area contributed by atoms with E-state index in [1.54, 1.807) is 12.1 Å². The van der Waals surface area contributed by atoms with Gasteiger partial charge >= 0.3 is 5.97 Å². The number of anilines is 2. The summed E-state index contributed by atoms with van der Waals surface area (Å²) in [6.07, 6.45) is 3.62. The third-order valence-corrected chi connectivity index (χ3v) is 3.53. The van der Waals surface area contributed by atoms with Crippen LogP contribution >= 0.6 is 0 Å². The van der Waals surface area contributed by atoms with Crippen molar-refractivity contribution in [2.75, 3.05) is 18.2 Å². The molecule has 98 valence electrons. The number of nitrogen functional groups attached to an aromatic ring is 1. The minimum atomic E-state index is -0.359.